The third kappa shape index (κ3) is 43.9. The zero-order valence-corrected chi connectivity index (χ0v) is 83.8. The molecule has 0 aromatic heterocycles. The monoisotopic (exact) mass is 2080 g/mol. The third-order valence-corrected chi connectivity index (χ3v) is 29.1. The molecule has 6 bridgehead atoms. The Morgan fingerprint density at radius 2 is 0.593 bits per heavy atom. The summed E-state index contributed by atoms with van der Waals surface area (Å²) >= 11 is 0. The maximum atomic E-state index is 15.7. The largest absolute Gasteiger partial charge is 0.391 e. The number of fused-ring (bicyclic) bond motifs is 15. The summed E-state index contributed by atoms with van der Waals surface area (Å²) in [6.45, 7) is 8.86. The molecule has 58 heteroatoms. The summed E-state index contributed by atoms with van der Waals surface area (Å²) in [6.07, 6.45) is -3.56. The lowest BCUT2D eigenvalue weighted by atomic mass is 9.97. The second-order valence-electron chi connectivity index (χ2n) is 34.1. The molecule has 4 heterocycles. The van der Waals surface area contributed by atoms with Crippen molar-refractivity contribution in [2.75, 3.05) is 80.3 Å². The van der Waals surface area contributed by atoms with Crippen LogP contribution in [0, 0.1) is 44.8 Å². The van der Waals surface area contributed by atoms with E-state index in [4.69, 9.17) is 55.7 Å². The smallest absolute Gasteiger partial charge is 0.245 e. The average molecular weight is 2080 g/mol. The van der Waals surface area contributed by atoms with Crippen LogP contribution in [0.3, 0.4) is 0 Å². The van der Waals surface area contributed by atoms with Gasteiger partial charge in [-0.05, 0) is 101 Å². The van der Waals surface area contributed by atoms with Crippen LogP contribution in [0.5, 0.6) is 0 Å². The van der Waals surface area contributed by atoms with E-state index in [1.165, 1.54) is 0 Å². The Hall–Kier alpha value is -11.9. The topological polar surface area (TPSA) is 854 Å². The lowest BCUT2D eigenvalue weighted by molar-refractivity contribution is -0.137. The number of carbonyl (C=O) groups is 18. The first kappa shape index (κ1) is 119. The van der Waals surface area contributed by atoms with Crippen LogP contribution in [-0.2, 0) is 92.7 Å². The molecule has 1 aromatic rings. The Labute approximate surface area is 834 Å². The molecule has 18 amide bonds. The first-order valence-electron chi connectivity index (χ1n) is 45.6. The summed E-state index contributed by atoms with van der Waals surface area (Å²) in [7, 11) is 4.83. The van der Waals surface area contributed by atoms with Crippen molar-refractivity contribution in [3.8, 4) is 0 Å². The molecule has 18 unspecified atom stereocenters. The number of aliphatic hydroxyl groups excluding tert-OH is 1. The lowest BCUT2D eigenvalue weighted by Gasteiger charge is -2.30. The van der Waals surface area contributed by atoms with Crippen LogP contribution < -0.4 is 151 Å². The highest BCUT2D eigenvalue weighted by Crippen LogP contribution is 2.28. The molecule has 780 valence electrons. The SMILES string of the molecule is CCC(C)C1NC(=O)C2CSSCC(NC(=O)C(CCCNC(=N)N)NC(=O)C3CSSCC(NC1=O)C(=O)NC(C(C)O)C(=O)NC(CCCNC(=N)N)C(=O)NCC(=O)NC(Cc1ccccc1)C(=O)N3)C(=O)NC(CC(C)C)C(=O)NC1CSSCC(NC(=O)C(C(C)C)NC(=O)CNC(=O)C(CCCNC(=N)N)NC(=O)C(CCCNC(=N)N)NC1=O)C(=O)NC(CCCNC(=N)N)C(=O)N2. The molecule has 0 spiro atoms. The van der Waals surface area contributed by atoms with Gasteiger partial charge in [0.1, 0.15) is 96.7 Å². The first-order chi connectivity index (χ1) is 66.3. The van der Waals surface area contributed by atoms with Gasteiger partial charge in [0.25, 0.3) is 0 Å². The minimum absolute atomic E-state index is 0.00668. The first-order valence-corrected chi connectivity index (χ1v) is 53.1. The lowest BCUT2D eigenvalue weighted by Crippen LogP contribution is -2.63. The quantitative estimate of drug-likeness (QED) is 0.0160. The van der Waals surface area contributed by atoms with Crippen LogP contribution in [-0.4, -0.2) is 324 Å². The number of hydrogen-bond donors (Lipinski definition) is 34. The Balaban J connectivity index is 1.86. The third-order valence-electron chi connectivity index (χ3n) is 21.8. The Bertz CT molecular complexity index is 4480. The van der Waals surface area contributed by atoms with E-state index in [2.05, 4.69) is 122 Å². The fourth-order valence-electron chi connectivity index (χ4n) is 14.0. The second-order valence-corrected chi connectivity index (χ2v) is 41.8. The van der Waals surface area contributed by atoms with Gasteiger partial charge < -0.3 is 156 Å². The van der Waals surface area contributed by atoms with Crippen molar-refractivity contribution >= 4 is 201 Å². The minimum atomic E-state index is -1.93. The normalized spacial score (nSPS) is 26.0. The van der Waals surface area contributed by atoms with Crippen LogP contribution in [0.2, 0.25) is 0 Å². The molecule has 4 aliphatic rings. The highest BCUT2D eigenvalue weighted by molar-refractivity contribution is 8.77. The van der Waals surface area contributed by atoms with Gasteiger partial charge in [-0.2, -0.15) is 0 Å². The van der Waals surface area contributed by atoms with Crippen LogP contribution >= 0.6 is 64.8 Å². The fraction of sp³-hybridized carbons (Fsp3) is 0.646. The average Bonchev–Trinajstić information content (AvgIpc) is 0.840. The van der Waals surface area contributed by atoms with Gasteiger partial charge >= 0.3 is 0 Å². The molecular formula is C82H137N33O19S6. The van der Waals surface area contributed by atoms with Crippen LogP contribution in [0.4, 0.5) is 0 Å². The molecule has 5 rings (SSSR count). The Morgan fingerprint density at radius 3 is 0.914 bits per heavy atom. The molecule has 0 radical (unpaired) electrons. The van der Waals surface area contributed by atoms with E-state index in [1.54, 1.807) is 71.9 Å². The molecule has 1 aromatic carbocycles. The van der Waals surface area contributed by atoms with Crippen molar-refractivity contribution in [2.24, 2.45) is 46.4 Å². The van der Waals surface area contributed by atoms with Crippen molar-refractivity contribution < 1.29 is 91.4 Å². The van der Waals surface area contributed by atoms with Gasteiger partial charge in [0.2, 0.25) is 106 Å². The van der Waals surface area contributed by atoms with Gasteiger partial charge in [0.05, 0.1) is 19.2 Å². The molecule has 4 aliphatic heterocycles. The Morgan fingerprint density at radius 1 is 0.329 bits per heavy atom. The zero-order valence-electron chi connectivity index (χ0n) is 79.0. The summed E-state index contributed by atoms with van der Waals surface area (Å²) in [5.74, 6) is -26.4. The van der Waals surface area contributed by atoms with Crippen molar-refractivity contribution in [3.05, 3.63) is 35.9 Å². The summed E-state index contributed by atoms with van der Waals surface area (Å²) < 4.78 is 0. The molecule has 4 fully saturated rings. The highest BCUT2D eigenvalue weighted by atomic mass is 33.1. The van der Waals surface area contributed by atoms with E-state index >= 15 is 52.7 Å². The maximum absolute atomic E-state index is 15.7. The number of guanidine groups is 5. The minimum Gasteiger partial charge on any atom is -0.391 e. The summed E-state index contributed by atoms with van der Waals surface area (Å²) in [5, 5.41) is 111. The van der Waals surface area contributed by atoms with E-state index < -0.39 is 304 Å². The van der Waals surface area contributed by atoms with Crippen molar-refractivity contribution in [2.45, 2.75) is 235 Å². The van der Waals surface area contributed by atoms with E-state index in [0.29, 0.717) is 5.56 Å². The van der Waals surface area contributed by atoms with Gasteiger partial charge in [-0.25, -0.2) is 0 Å². The van der Waals surface area contributed by atoms with Gasteiger partial charge in [0.15, 0.2) is 29.8 Å². The fourth-order valence-corrected chi connectivity index (χ4v) is 21.0. The number of benzene rings is 1. The van der Waals surface area contributed by atoms with Crippen molar-refractivity contribution in [1.82, 2.24) is 122 Å². The molecule has 18 atom stereocenters. The highest BCUT2D eigenvalue weighted by Gasteiger charge is 2.42. The second kappa shape index (κ2) is 62.3. The van der Waals surface area contributed by atoms with E-state index in [-0.39, 0.29) is 116 Å². The standard InChI is InChI=1S/C82H137N33O19S6/c1-8-41(6)60-76(133)112-56-38-140-136-34-52(110-68(125)50(30-43-17-10-9-11-18-43)100-57(117)31-98-63(120)45(20-13-25-94-79(85)86)105-77(134)61(42(7)116)115-74(56)131)70(127)103-47(22-15-27-96-81(89)90)65(122)107-53-35-137-139-37-55(73(130)114-60)108-66(123)48(23-16-28-97-82(91)92)104-71(128)54-36-138-135-33-51(109-67(124)49(29-39(2)3)106-72(53)129)69(126)102-46(21-14-26-95-80(87)88)64(121)101-44(19-12-24-93-78(83)84)62(119)99-32-58(118)113-59(40(4)5)75(132)111-54/h9-11,17-18,39-42,44-56,59-61,116H,8,12-16,19-38H2,1-7H3,(H,98,120)(H,99,119)(H,100,117)(H,101,121)(H,102,126)(H,103,127)(H,104,128)(H,105,134)(H,106,129)(H,107,122)(H,108,123)(H,109,124)(H,110,125)(H,111,132)(H,112,133)(H,113,118)(H,114,130)(H,115,131)(H4,83,84,93)(H4,85,86,94)(H4,87,88,95)(H4,89,90,96)(H4,91,92,97). The van der Waals surface area contributed by atoms with Gasteiger partial charge in [-0.1, -0.05) is 143 Å². The van der Waals surface area contributed by atoms with Crippen LogP contribution in [0.15, 0.2) is 30.3 Å². The van der Waals surface area contributed by atoms with Crippen molar-refractivity contribution in [1.29, 1.82) is 27.0 Å². The number of nitrogens with two attached hydrogens (primary N) is 5. The number of rotatable bonds is 28. The van der Waals surface area contributed by atoms with Crippen molar-refractivity contribution in [3.63, 3.8) is 0 Å². The molecule has 52 nitrogen and oxygen atoms in total. The molecule has 0 saturated carbocycles. The van der Waals surface area contributed by atoms with Gasteiger partial charge in [-0.15, -0.1) is 0 Å². The van der Waals surface area contributed by atoms with Gasteiger partial charge in [-0.3, -0.25) is 113 Å². The van der Waals surface area contributed by atoms with Crippen LogP contribution in [0.25, 0.3) is 0 Å². The Kier molecular flexibility index (Phi) is 52.8. The summed E-state index contributed by atoms with van der Waals surface area (Å²) in [5.41, 5.74) is 28.5. The number of carbonyl (C=O) groups excluding carboxylic acids is 18. The van der Waals surface area contributed by atoms with Crippen LogP contribution in [0.1, 0.15) is 131 Å². The molecule has 140 heavy (non-hydrogen) atoms. The molecule has 39 N–H and O–H groups in total. The number of hydrogen-bond acceptors (Lipinski definition) is 30. The van der Waals surface area contributed by atoms with E-state index in [0.717, 1.165) is 71.7 Å². The predicted molar refractivity (Wildman–Crippen MR) is 533 cm³/mol. The molecule has 0 aliphatic carbocycles. The zero-order chi connectivity index (χ0) is 104. The summed E-state index contributed by atoms with van der Waals surface area (Å²) in [4.78, 5) is 271. The number of amides is 18. The van der Waals surface area contributed by atoms with E-state index in [9.17, 15) is 38.7 Å². The predicted octanol–water partition coefficient (Wildman–Crippen LogP) is -9.14. The number of aliphatic hydroxyl groups is 1. The van der Waals surface area contributed by atoms with Gasteiger partial charge in [0, 0.05) is 73.7 Å². The molecule has 4 saturated heterocycles. The summed E-state index contributed by atoms with van der Waals surface area (Å²) in [6, 6.07) is -18.8. The maximum Gasteiger partial charge on any atom is 0.245 e. The number of nitrogens with one attached hydrogen (secondary N) is 28. The van der Waals surface area contributed by atoms with E-state index in [1.807, 2.05) is 0 Å². The molecular weight excluding hydrogens is 1940 g/mol.